The van der Waals surface area contributed by atoms with E-state index in [1.807, 2.05) is 0 Å². The van der Waals surface area contributed by atoms with E-state index in [1.54, 1.807) is 0 Å². The average molecular weight is 292 g/mol. The van der Waals surface area contributed by atoms with Crippen LogP contribution in [0.2, 0.25) is 0 Å². The van der Waals surface area contributed by atoms with Gasteiger partial charge in [-0.3, -0.25) is 0 Å². The Hall–Kier alpha value is -1.56. The number of fused-ring (bicyclic) bond motifs is 2. The number of benzene rings is 2. The molecule has 3 rings (SSSR count). The van der Waals surface area contributed by atoms with Crippen molar-refractivity contribution in [3.8, 4) is 0 Å². The van der Waals surface area contributed by atoms with E-state index < -0.39 is 0 Å². The zero-order valence-electron chi connectivity index (χ0n) is 14.9. The molecule has 0 aromatic heterocycles. The Labute approximate surface area is 135 Å². The van der Waals surface area contributed by atoms with E-state index in [4.69, 9.17) is 0 Å². The van der Waals surface area contributed by atoms with Gasteiger partial charge in [-0.05, 0) is 57.1 Å². The largest absolute Gasteiger partial charge is 0.0620 e. The normalized spacial score (nSPS) is 14.5. The molecule has 0 spiro atoms. The molecular weight excluding hydrogens is 264 g/mol. The van der Waals surface area contributed by atoms with E-state index in [0.29, 0.717) is 0 Å². The lowest BCUT2D eigenvalue weighted by atomic mass is 9.72. The second kappa shape index (κ2) is 4.98. The van der Waals surface area contributed by atoms with Crippen LogP contribution in [0.25, 0.3) is 0 Å². The summed E-state index contributed by atoms with van der Waals surface area (Å²) in [6.07, 6.45) is 2.16. The minimum atomic E-state index is 0.189. The number of hydrogen-bond acceptors (Lipinski definition) is 0. The summed E-state index contributed by atoms with van der Waals surface area (Å²) in [7, 11) is 0. The monoisotopic (exact) mass is 292 g/mol. The van der Waals surface area contributed by atoms with E-state index in [9.17, 15) is 0 Å². The van der Waals surface area contributed by atoms with Crippen LogP contribution >= 0.6 is 0 Å². The maximum Gasteiger partial charge on any atom is -0.00200 e. The highest BCUT2D eigenvalue weighted by molar-refractivity contribution is 5.51. The maximum absolute atomic E-state index is 2.49. The molecule has 0 fully saturated rings. The molecule has 0 radical (unpaired) electrons. The first-order chi connectivity index (χ1) is 10.2. The summed E-state index contributed by atoms with van der Waals surface area (Å²) in [5, 5.41) is 0. The molecule has 2 aromatic rings. The Morgan fingerprint density at radius 1 is 0.591 bits per heavy atom. The fourth-order valence-corrected chi connectivity index (χ4v) is 3.57. The van der Waals surface area contributed by atoms with Crippen molar-refractivity contribution in [2.24, 2.45) is 0 Å². The summed E-state index contributed by atoms with van der Waals surface area (Å²) < 4.78 is 0. The second-order valence-corrected chi connectivity index (χ2v) is 8.79. The SMILES string of the molecule is CC(C)(C)c1cc2c(cc1C(C)(C)C)Cc1ccccc1C2. The zero-order chi connectivity index (χ0) is 16.1. The van der Waals surface area contributed by atoms with Crippen molar-refractivity contribution in [3.63, 3.8) is 0 Å². The highest BCUT2D eigenvalue weighted by Gasteiger charge is 2.28. The molecule has 0 nitrogen and oxygen atoms in total. The van der Waals surface area contributed by atoms with Gasteiger partial charge >= 0.3 is 0 Å². The topological polar surface area (TPSA) is 0 Å². The van der Waals surface area contributed by atoms with Gasteiger partial charge in [-0.1, -0.05) is 77.9 Å². The van der Waals surface area contributed by atoms with Crippen LogP contribution < -0.4 is 0 Å². The first-order valence-electron chi connectivity index (χ1n) is 8.40. The smallest absolute Gasteiger partial charge is 0.00200 e. The van der Waals surface area contributed by atoms with Crippen molar-refractivity contribution in [1.29, 1.82) is 0 Å². The van der Waals surface area contributed by atoms with Crippen LogP contribution in [-0.2, 0) is 23.7 Å². The van der Waals surface area contributed by atoms with Crippen molar-refractivity contribution in [2.45, 2.75) is 65.2 Å². The molecule has 0 saturated carbocycles. The first-order valence-corrected chi connectivity index (χ1v) is 8.40. The zero-order valence-corrected chi connectivity index (χ0v) is 14.9. The summed E-state index contributed by atoms with van der Waals surface area (Å²) in [6, 6.07) is 13.9. The van der Waals surface area contributed by atoms with Gasteiger partial charge in [-0.15, -0.1) is 0 Å². The standard InChI is InChI=1S/C22H28/c1-21(2,3)19-13-17-11-15-9-7-8-10-16(15)12-18(17)14-20(19)22(4,5)6/h7-10,13-14H,11-12H2,1-6H3. The van der Waals surface area contributed by atoms with Gasteiger partial charge in [0.1, 0.15) is 0 Å². The number of hydrogen-bond donors (Lipinski definition) is 0. The molecule has 0 atom stereocenters. The molecule has 0 heterocycles. The Bertz CT molecular complexity index is 644. The van der Waals surface area contributed by atoms with Gasteiger partial charge in [0.25, 0.3) is 0 Å². The Kier molecular flexibility index (Phi) is 3.47. The van der Waals surface area contributed by atoms with Crippen LogP contribution in [0.4, 0.5) is 0 Å². The van der Waals surface area contributed by atoms with E-state index in [2.05, 4.69) is 77.9 Å². The molecule has 0 N–H and O–H groups in total. The van der Waals surface area contributed by atoms with E-state index >= 15 is 0 Å². The second-order valence-electron chi connectivity index (χ2n) is 8.79. The van der Waals surface area contributed by atoms with Crippen molar-refractivity contribution in [2.75, 3.05) is 0 Å². The molecule has 0 heteroatoms. The van der Waals surface area contributed by atoms with Crippen molar-refractivity contribution < 1.29 is 0 Å². The van der Waals surface area contributed by atoms with Gasteiger partial charge in [-0.2, -0.15) is 0 Å². The van der Waals surface area contributed by atoms with Crippen LogP contribution in [0, 0.1) is 0 Å². The highest BCUT2D eigenvalue weighted by atomic mass is 14.3. The first kappa shape index (κ1) is 15.3. The minimum Gasteiger partial charge on any atom is -0.0620 e. The Morgan fingerprint density at radius 3 is 1.27 bits per heavy atom. The van der Waals surface area contributed by atoms with Crippen LogP contribution in [0.1, 0.15) is 74.9 Å². The summed E-state index contributed by atoms with van der Waals surface area (Å²) in [5.41, 5.74) is 9.45. The van der Waals surface area contributed by atoms with Gasteiger partial charge < -0.3 is 0 Å². The van der Waals surface area contributed by atoms with Crippen LogP contribution in [0.15, 0.2) is 36.4 Å². The van der Waals surface area contributed by atoms with E-state index in [0.717, 1.165) is 12.8 Å². The fraction of sp³-hybridized carbons (Fsp3) is 0.455. The quantitative estimate of drug-likeness (QED) is 0.493. The van der Waals surface area contributed by atoms with Crippen LogP contribution in [0.3, 0.4) is 0 Å². The minimum absolute atomic E-state index is 0.189. The highest BCUT2D eigenvalue weighted by Crippen LogP contribution is 2.38. The van der Waals surface area contributed by atoms with E-state index in [1.165, 1.54) is 33.4 Å². The Balaban J connectivity index is 2.17. The fourth-order valence-electron chi connectivity index (χ4n) is 3.57. The average Bonchev–Trinajstić information content (AvgIpc) is 2.41. The van der Waals surface area contributed by atoms with Gasteiger partial charge in [0.2, 0.25) is 0 Å². The lowest BCUT2D eigenvalue weighted by Crippen LogP contribution is -2.24. The summed E-state index contributed by atoms with van der Waals surface area (Å²) in [5.74, 6) is 0. The van der Waals surface area contributed by atoms with Gasteiger partial charge in [0.05, 0.1) is 0 Å². The van der Waals surface area contributed by atoms with Gasteiger partial charge in [-0.25, -0.2) is 0 Å². The molecule has 1 aliphatic rings. The van der Waals surface area contributed by atoms with Crippen molar-refractivity contribution >= 4 is 0 Å². The molecule has 0 unspecified atom stereocenters. The molecule has 0 aliphatic heterocycles. The third-order valence-electron chi connectivity index (χ3n) is 4.84. The van der Waals surface area contributed by atoms with Crippen molar-refractivity contribution in [1.82, 2.24) is 0 Å². The number of rotatable bonds is 0. The third kappa shape index (κ3) is 2.72. The molecule has 116 valence electrons. The van der Waals surface area contributed by atoms with Crippen molar-refractivity contribution in [3.05, 3.63) is 69.8 Å². The molecule has 0 bridgehead atoms. The predicted molar refractivity (Wildman–Crippen MR) is 95.9 cm³/mol. The predicted octanol–water partition coefficient (Wildman–Crippen LogP) is 5.78. The molecule has 0 amide bonds. The maximum atomic E-state index is 2.49. The van der Waals surface area contributed by atoms with E-state index in [-0.39, 0.29) is 10.8 Å². The summed E-state index contributed by atoms with van der Waals surface area (Å²) >= 11 is 0. The molecule has 1 aliphatic carbocycles. The van der Waals surface area contributed by atoms with Gasteiger partial charge in [0, 0.05) is 0 Å². The lowest BCUT2D eigenvalue weighted by Gasteiger charge is -2.33. The summed E-state index contributed by atoms with van der Waals surface area (Å²) in [4.78, 5) is 0. The Morgan fingerprint density at radius 2 is 0.955 bits per heavy atom. The molecule has 2 aromatic carbocycles. The lowest BCUT2D eigenvalue weighted by molar-refractivity contribution is 0.528. The molecule has 22 heavy (non-hydrogen) atoms. The molecular formula is C22H28. The van der Waals surface area contributed by atoms with Gasteiger partial charge in [0.15, 0.2) is 0 Å². The van der Waals surface area contributed by atoms with Crippen LogP contribution in [0.5, 0.6) is 0 Å². The van der Waals surface area contributed by atoms with Crippen LogP contribution in [-0.4, -0.2) is 0 Å². The third-order valence-corrected chi connectivity index (χ3v) is 4.84. The summed E-state index contributed by atoms with van der Waals surface area (Å²) in [6.45, 7) is 14.0. The molecule has 0 saturated heterocycles.